The maximum atomic E-state index is 6.18. The van der Waals surface area contributed by atoms with E-state index >= 15 is 0 Å². The van der Waals surface area contributed by atoms with Crippen molar-refractivity contribution >= 4 is 43.7 Å². The van der Waals surface area contributed by atoms with Crippen molar-refractivity contribution in [1.82, 2.24) is 24.5 Å². The third-order valence-electron chi connectivity index (χ3n) is 9.64. The van der Waals surface area contributed by atoms with Gasteiger partial charge in [-0.15, -0.1) is 0 Å². The van der Waals surface area contributed by atoms with Gasteiger partial charge in [0.25, 0.3) is 0 Å². The van der Waals surface area contributed by atoms with Crippen LogP contribution in [-0.2, 0) is 0 Å². The standard InChI is InChI=1S/C45H29N5O/c1-28-11-20-41-35(25-28)43-42(51-41)22-24-47-44(43)31-14-12-29(13-15-31)37-26-38(49-45(48-37)32-7-3-2-4-8-32)30-16-18-33(19-17-30)50-39-10-6-5-9-34(39)36-27-46-23-21-40(36)50/h2-27H,1H3. The second-order valence-corrected chi connectivity index (χ2v) is 12.8. The van der Waals surface area contributed by atoms with Crippen LogP contribution in [0.3, 0.4) is 0 Å². The second kappa shape index (κ2) is 11.6. The lowest BCUT2D eigenvalue weighted by atomic mass is 10.0. The Hall–Kier alpha value is -6.92. The fourth-order valence-electron chi connectivity index (χ4n) is 7.19. The van der Waals surface area contributed by atoms with Crippen LogP contribution in [0, 0.1) is 6.92 Å². The van der Waals surface area contributed by atoms with Gasteiger partial charge in [0.1, 0.15) is 11.2 Å². The molecule has 0 aliphatic rings. The van der Waals surface area contributed by atoms with Crippen LogP contribution in [0.4, 0.5) is 0 Å². The molecule has 0 amide bonds. The van der Waals surface area contributed by atoms with Gasteiger partial charge in [0.05, 0.1) is 33.5 Å². The van der Waals surface area contributed by atoms with Crippen molar-refractivity contribution in [2.24, 2.45) is 0 Å². The lowest BCUT2D eigenvalue weighted by molar-refractivity contribution is 0.668. The Kier molecular flexibility index (Phi) is 6.61. The molecule has 0 N–H and O–H groups in total. The normalized spacial score (nSPS) is 11.6. The molecule has 10 aromatic rings. The Morgan fingerprint density at radius 2 is 1.24 bits per heavy atom. The fraction of sp³-hybridized carbons (Fsp3) is 0.0222. The zero-order chi connectivity index (χ0) is 33.9. The Labute approximate surface area is 293 Å². The molecule has 0 spiro atoms. The van der Waals surface area contributed by atoms with Crippen molar-refractivity contribution in [3.63, 3.8) is 0 Å². The van der Waals surface area contributed by atoms with E-state index in [9.17, 15) is 0 Å². The summed E-state index contributed by atoms with van der Waals surface area (Å²) in [5.74, 6) is 0.679. The van der Waals surface area contributed by atoms with E-state index in [0.29, 0.717) is 5.82 Å². The highest BCUT2D eigenvalue weighted by molar-refractivity contribution is 6.11. The van der Waals surface area contributed by atoms with Crippen molar-refractivity contribution in [1.29, 1.82) is 0 Å². The Morgan fingerprint density at radius 1 is 0.529 bits per heavy atom. The summed E-state index contributed by atoms with van der Waals surface area (Å²) in [5, 5.41) is 4.42. The monoisotopic (exact) mass is 655 g/mol. The van der Waals surface area contributed by atoms with Crippen LogP contribution in [-0.4, -0.2) is 24.5 Å². The summed E-state index contributed by atoms with van der Waals surface area (Å²) in [6.45, 7) is 2.10. The minimum Gasteiger partial charge on any atom is -0.456 e. The minimum absolute atomic E-state index is 0.679. The fourth-order valence-corrected chi connectivity index (χ4v) is 7.19. The van der Waals surface area contributed by atoms with Crippen molar-refractivity contribution in [2.75, 3.05) is 0 Å². The lowest BCUT2D eigenvalue weighted by Crippen LogP contribution is -1.97. The number of hydrogen-bond donors (Lipinski definition) is 0. The van der Waals surface area contributed by atoms with E-state index in [-0.39, 0.29) is 0 Å². The summed E-state index contributed by atoms with van der Waals surface area (Å²) in [4.78, 5) is 19.4. The first-order valence-electron chi connectivity index (χ1n) is 17.0. The summed E-state index contributed by atoms with van der Waals surface area (Å²) >= 11 is 0. The molecular weight excluding hydrogens is 627 g/mol. The molecule has 0 aliphatic heterocycles. The van der Waals surface area contributed by atoms with Crippen LogP contribution in [0.2, 0.25) is 0 Å². The smallest absolute Gasteiger partial charge is 0.160 e. The van der Waals surface area contributed by atoms with E-state index < -0.39 is 0 Å². The molecule has 0 fully saturated rings. The number of aromatic nitrogens is 5. The Bertz CT molecular complexity index is 2850. The maximum absolute atomic E-state index is 6.18. The number of pyridine rings is 2. The largest absolute Gasteiger partial charge is 0.456 e. The van der Waals surface area contributed by atoms with Crippen molar-refractivity contribution < 1.29 is 4.42 Å². The van der Waals surface area contributed by atoms with Crippen LogP contribution in [0.5, 0.6) is 0 Å². The molecule has 5 heterocycles. The number of fused-ring (bicyclic) bond motifs is 6. The van der Waals surface area contributed by atoms with Crippen LogP contribution in [0.1, 0.15) is 5.56 Å². The average molecular weight is 656 g/mol. The summed E-state index contributed by atoms with van der Waals surface area (Å²) < 4.78 is 8.47. The van der Waals surface area contributed by atoms with Crippen molar-refractivity contribution in [2.45, 2.75) is 6.92 Å². The SMILES string of the molecule is Cc1ccc2oc3ccnc(-c4ccc(-c5cc(-c6ccc(-n7c8ccccc8c8cnccc87)cc6)nc(-c6ccccc6)n5)cc4)c3c2c1. The molecule has 6 nitrogen and oxygen atoms in total. The molecule has 0 aliphatic carbocycles. The second-order valence-electron chi connectivity index (χ2n) is 12.8. The van der Waals surface area contributed by atoms with Crippen LogP contribution < -0.4 is 0 Å². The number of para-hydroxylation sites is 1. The molecule has 5 aromatic heterocycles. The molecule has 0 bridgehead atoms. The topological polar surface area (TPSA) is 69.6 Å². The van der Waals surface area contributed by atoms with Crippen molar-refractivity contribution in [3.8, 4) is 50.8 Å². The van der Waals surface area contributed by atoms with Gasteiger partial charge in [-0.05, 0) is 55.5 Å². The maximum Gasteiger partial charge on any atom is 0.160 e. The number of nitrogens with zero attached hydrogens (tertiary/aromatic N) is 5. The van der Waals surface area contributed by atoms with E-state index in [2.05, 4.69) is 126 Å². The van der Waals surface area contributed by atoms with Gasteiger partial charge in [-0.25, -0.2) is 9.97 Å². The quantitative estimate of drug-likeness (QED) is 0.185. The third-order valence-corrected chi connectivity index (χ3v) is 9.64. The van der Waals surface area contributed by atoms with E-state index in [0.717, 1.165) is 83.4 Å². The van der Waals surface area contributed by atoms with Gasteiger partial charge in [0.2, 0.25) is 0 Å². The zero-order valence-corrected chi connectivity index (χ0v) is 27.7. The van der Waals surface area contributed by atoms with E-state index in [1.165, 1.54) is 10.9 Å². The van der Waals surface area contributed by atoms with Gasteiger partial charge in [0.15, 0.2) is 5.82 Å². The first-order valence-corrected chi connectivity index (χ1v) is 17.0. The predicted molar refractivity (Wildman–Crippen MR) is 206 cm³/mol. The van der Waals surface area contributed by atoms with Crippen LogP contribution in [0.15, 0.2) is 163 Å². The Morgan fingerprint density at radius 3 is 2.04 bits per heavy atom. The number of benzene rings is 5. The van der Waals surface area contributed by atoms with Crippen LogP contribution in [0.25, 0.3) is 94.6 Å². The van der Waals surface area contributed by atoms with Gasteiger partial charge in [-0.1, -0.05) is 96.6 Å². The predicted octanol–water partition coefficient (Wildman–Crippen LogP) is 11.2. The molecule has 10 rings (SSSR count). The van der Waals surface area contributed by atoms with Gasteiger partial charge in [-0.3, -0.25) is 9.97 Å². The van der Waals surface area contributed by atoms with Gasteiger partial charge in [-0.2, -0.15) is 0 Å². The minimum atomic E-state index is 0.679. The highest BCUT2D eigenvalue weighted by Gasteiger charge is 2.16. The molecule has 0 atom stereocenters. The molecule has 0 saturated carbocycles. The number of rotatable bonds is 5. The lowest BCUT2D eigenvalue weighted by Gasteiger charge is -2.12. The third kappa shape index (κ3) is 4.88. The van der Waals surface area contributed by atoms with Gasteiger partial charge in [0, 0.05) is 62.7 Å². The molecule has 0 radical (unpaired) electrons. The summed E-state index contributed by atoms with van der Waals surface area (Å²) in [6.07, 6.45) is 5.61. The van der Waals surface area contributed by atoms with Gasteiger partial charge >= 0.3 is 0 Å². The molecule has 0 saturated heterocycles. The molecule has 240 valence electrons. The molecule has 5 aromatic carbocycles. The molecule has 0 unspecified atom stereocenters. The Balaban J connectivity index is 1.06. The first kappa shape index (κ1) is 29.0. The number of aryl methyl sites for hydroxylation is 1. The van der Waals surface area contributed by atoms with E-state index in [1.807, 2.05) is 48.9 Å². The summed E-state index contributed by atoms with van der Waals surface area (Å²) in [7, 11) is 0. The van der Waals surface area contributed by atoms with Crippen molar-refractivity contribution in [3.05, 3.63) is 164 Å². The average Bonchev–Trinajstić information content (AvgIpc) is 3.74. The summed E-state index contributed by atoms with van der Waals surface area (Å²) in [6, 6.07) is 48.1. The highest BCUT2D eigenvalue weighted by Crippen LogP contribution is 2.37. The molecule has 6 heteroatoms. The molecule has 51 heavy (non-hydrogen) atoms. The highest BCUT2D eigenvalue weighted by atomic mass is 16.3. The summed E-state index contributed by atoms with van der Waals surface area (Å²) in [5.41, 5.74) is 12.8. The van der Waals surface area contributed by atoms with Crippen LogP contribution >= 0.6 is 0 Å². The van der Waals surface area contributed by atoms with Gasteiger partial charge < -0.3 is 8.98 Å². The molecular formula is C45H29N5O. The number of hydrogen-bond acceptors (Lipinski definition) is 5. The van der Waals surface area contributed by atoms with E-state index in [4.69, 9.17) is 19.4 Å². The van der Waals surface area contributed by atoms with E-state index in [1.54, 1.807) is 0 Å². The zero-order valence-electron chi connectivity index (χ0n) is 27.7. The first-order chi connectivity index (χ1) is 25.2. The number of furan rings is 1.